The number of nitrogens with one attached hydrogen (secondary N) is 1. The van der Waals surface area contributed by atoms with Crippen molar-refractivity contribution in [2.24, 2.45) is 5.73 Å². The van der Waals surface area contributed by atoms with Gasteiger partial charge in [-0.1, -0.05) is 47.5 Å². The maximum Gasteiger partial charge on any atom is 0.411 e. The summed E-state index contributed by atoms with van der Waals surface area (Å²) in [5.41, 5.74) is 7.90. The van der Waals surface area contributed by atoms with Crippen LogP contribution in [-0.4, -0.2) is 77.0 Å². The summed E-state index contributed by atoms with van der Waals surface area (Å²) >= 11 is 12.2. The van der Waals surface area contributed by atoms with Crippen LogP contribution in [0.5, 0.6) is 0 Å². The average Bonchev–Trinajstić information content (AvgIpc) is 3.12. The average molecular weight is 589 g/mol. The Morgan fingerprint density at radius 1 is 1.07 bits per heavy atom. The van der Waals surface area contributed by atoms with E-state index < -0.39 is 11.8 Å². The van der Waals surface area contributed by atoms with Crippen LogP contribution < -0.4 is 11.1 Å². The molecule has 3 heterocycles. The van der Waals surface area contributed by atoms with Crippen LogP contribution in [-0.2, 0) is 22.6 Å². The molecule has 11 heteroatoms. The normalized spacial score (nSPS) is 24.2. The van der Waals surface area contributed by atoms with Crippen molar-refractivity contribution in [3.63, 3.8) is 0 Å². The van der Waals surface area contributed by atoms with Gasteiger partial charge in [0.05, 0.1) is 10.0 Å². The van der Waals surface area contributed by atoms with Crippen LogP contribution in [0.4, 0.5) is 15.3 Å². The van der Waals surface area contributed by atoms with Gasteiger partial charge in [-0.25, -0.2) is 9.59 Å². The minimum atomic E-state index is -0.932. The summed E-state index contributed by atoms with van der Waals surface area (Å²) in [4.78, 5) is 45.0. The second kappa shape index (κ2) is 12.3. The van der Waals surface area contributed by atoms with E-state index in [1.54, 1.807) is 23.1 Å². The second-order valence-corrected chi connectivity index (χ2v) is 11.6. The van der Waals surface area contributed by atoms with Crippen molar-refractivity contribution in [2.75, 3.05) is 31.5 Å². The number of hydrogen-bond acceptors (Lipinski definition) is 6. The standard InChI is InChI=1S/C29H35Cl2N5O4/c30-24-6-5-20(17-25(24)31)19-40-28(39)36-15-10-23(18-29(36,11-16-37)34-12-8-22(32)9-13-34)35-14-7-21-3-1-2-4-26(21)33-27(35)38/h1-6,16-17,22-23H,7-15,18-19,32H2,(H,33,38)/t23-,29+/m1/s1. The Balaban J connectivity index is 1.39. The topological polar surface area (TPSA) is 108 Å². The molecular weight excluding hydrogens is 553 g/mol. The Hall–Kier alpha value is -2.85. The van der Waals surface area contributed by atoms with Crippen molar-refractivity contribution in [1.82, 2.24) is 14.7 Å². The van der Waals surface area contributed by atoms with Crippen LogP contribution in [0.1, 0.15) is 43.2 Å². The molecule has 0 bridgehead atoms. The first-order chi connectivity index (χ1) is 19.3. The number of likely N-dealkylation sites (tertiary alicyclic amines) is 2. The SMILES string of the molecule is NC1CCN([C@]2(CC=O)C[C@H](N3CCc4ccccc4NC3=O)CCN2C(=O)OCc2ccc(Cl)c(Cl)c2)CC1. The maximum absolute atomic E-state index is 13.7. The maximum atomic E-state index is 13.7. The lowest BCUT2D eigenvalue weighted by atomic mass is 9.85. The van der Waals surface area contributed by atoms with E-state index in [0.717, 1.165) is 36.8 Å². The fraction of sp³-hybridized carbons (Fsp3) is 0.483. The molecule has 3 amide bonds. The lowest BCUT2D eigenvalue weighted by Crippen LogP contribution is -2.69. The number of benzene rings is 2. The van der Waals surface area contributed by atoms with Gasteiger partial charge in [0.25, 0.3) is 0 Å². The van der Waals surface area contributed by atoms with Gasteiger partial charge < -0.3 is 25.5 Å². The summed E-state index contributed by atoms with van der Waals surface area (Å²) < 4.78 is 5.77. The summed E-state index contributed by atoms with van der Waals surface area (Å²) in [6, 6.07) is 12.7. The van der Waals surface area contributed by atoms with Gasteiger partial charge in [-0.05, 0) is 55.0 Å². The molecule has 3 N–H and O–H groups in total. The quantitative estimate of drug-likeness (QED) is 0.466. The predicted molar refractivity (Wildman–Crippen MR) is 154 cm³/mol. The largest absolute Gasteiger partial charge is 0.444 e. The molecule has 3 aliphatic heterocycles. The molecule has 2 fully saturated rings. The molecule has 0 saturated carbocycles. The highest BCUT2D eigenvalue weighted by Crippen LogP contribution is 2.39. The van der Waals surface area contributed by atoms with E-state index in [2.05, 4.69) is 10.2 Å². The highest BCUT2D eigenvalue weighted by molar-refractivity contribution is 6.42. The number of piperidine rings is 2. The molecule has 0 radical (unpaired) electrons. The van der Waals surface area contributed by atoms with Crippen LogP contribution in [0.15, 0.2) is 42.5 Å². The Bertz CT molecular complexity index is 1250. The zero-order valence-electron chi connectivity index (χ0n) is 22.4. The molecule has 0 aliphatic carbocycles. The summed E-state index contributed by atoms with van der Waals surface area (Å²) in [6.45, 7) is 2.21. The van der Waals surface area contributed by atoms with E-state index in [0.29, 0.717) is 54.6 Å². The Morgan fingerprint density at radius 2 is 1.85 bits per heavy atom. The Kier molecular flexibility index (Phi) is 8.85. The number of nitrogens with zero attached hydrogens (tertiary/aromatic N) is 3. The van der Waals surface area contributed by atoms with Crippen LogP contribution in [0.3, 0.4) is 0 Å². The number of hydrogen-bond donors (Lipinski definition) is 2. The van der Waals surface area contributed by atoms with Gasteiger partial charge in [0.2, 0.25) is 0 Å². The summed E-state index contributed by atoms with van der Waals surface area (Å²) in [7, 11) is 0. The van der Waals surface area contributed by atoms with E-state index in [4.69, 9.17) is 33.7 Å². The number of halogens is 2. The second-order valence-electron chi connectivity index (χ2n) is 10.8. The Labute approximate surface area is 244 Å². The fourth-order valence-corrected chi connectivity index (χ4v) is 6.59. The number of carbonyl (C=O) groups excluding carboxylic acids is 3. The monoisotopic (exact) mass is 587 g/mol. The Morgan fingerprint density at radius 3 is 2.60 bits per heavy atom. The van der Waals surface area contributed by atoms with E-state index in [9.17, 15) is 14.4 Å². The van der Waals surface area contributed by atoms with Crippen molar-refractivity contribution in [3.05, 3.63) is 63.6 Å². The minimum absolute atomic E-state index is 0.0183. The molecule has 0 unspecified atom stereocenters. The molecular formula is C29H35Cl2N5O4. The van der Waals surface area contributed by atoms with Crippen molar-refractivity contribution < 1.29 is 19.1 Å². The summed E-state index contributed by atoms with van der Waals surface area (Å²) in [5.74, 6) is 0. The lowest BCUT2D eigenvalue weighted by Gasteiger charge is -2.56. The molecule has 214 valence electrons. The number of urea groups is 1. The number of amides is 3. The van der Waals surface area contributed by atoms with E-state index in [-0.39, 0.29) is 31.1 Å². The number of nitrogens with two attached hydrogens (primary N) is 1. The number of ether oxygens (including phenoxy) is 1. The van der Waals surface area contributed by atoms with Crippen molar-refractivity contribution in [3.8, 4) is 0 Å². The van der Waals surface area contributed by atoms with Gasteiger partial charge in [0.15, 0.2) is 0 Å². The number of anilines is 1. The van der Waals surface area contributed by atoms with E-state index >= 15 is 0 Å². The van der Waals surface area contributed by atoms with Crippen molar-refractivity contribution in [1.29, 1.82) is 0 Å². The van der Waals surface area contributed by atoms with Crippen LogP contribution >= 0.6 is 23.2 Å². The number of para-hydroxylation sites is 1. The van der Waals surface area contributed by atoms with Gasteiger partial charge in [0, 0.05) is 56.8 Å². The minimum Gasteiger partial charge on any atom is -0.444 e. The fourth-order valence-electron chi connectivity index (χ4n) is 6.27. The van der Waals surface area contributed by atoms with Gasteiger partial charge in [-0.15, -0.1) is 0 Å². The predicted octanol–water partition coefficient (Wildman–Crippen LogP) is 4.89. The first-order valence-corrected chi connectivity index (χ1v) is 14.5. The molecule has 2 atom stereocenters. The first-order valence-electron chi connectivity index (χ1n) is 13.8. The zero-order valence-corrected chi connectivity index (χ0v) is 23.9. The summed E-state index contributed by atoms with van der Waals surface area (Å²) in [5, 5.41) is 3.86. The van der Waals surface area contributed by atoms with E-state index in [1.165, 1.54) is 0 Å². The third kappa shape index (κ3) is 5.93. The highest BCUT2D eigenvalue weighted by atomic mass is 35.5. The molecule has 2 saturated heterocycles. The van der Waals surface area contributed by atoms with Gasteiger partial charge in [0.1, 0.15) is 18.6 Å². The molecule has 40 heavy (non-hydrogen) atoms. The number of carbonyl (C=O) groups is 3. The molecule has 2 aromatic carbocycles. The first kappa shape index (κ1) is 28.7. The highest BCUT2D eigenvalue weighted by Gasteiger charge is 2.51. The molecule has 0 aromatic heterocycles. The number of rotatable bonds is 6. The van der Waals surface area contributed by atoms with Gasteiger partial charge >= 0.3 is 12.1 Å². The molecule has 9 nitrogen and oxygen atoms in total. The summed E-state index contributed by atoms with van der Waals surface area (Å²) in [6.07, 6.45) is 3.72. The zero-order chi connectivity index (χ0) is 28.3. The molecule has 0 spiro atoms. The van der Waals surface area contributed by atoms with Gasteiger partial charge in [-0.2, -0.15) is 0 Å². The number of aldehydes is 1. The van der Waals surface area contributed by atoms with Gasteiger partial charge in [-0.3, -0.25) is 9.80 Å². The molecule has 3 aliphatic rings. The van der Waals surface area contributed by atoms with E-state index in [1.807, 2.05) is 29.2 Å². The molecule has 2 aromatic rings. The smallest absolute Gasteiger partial charge is 0.411 e. The third-order valence-corrected chi connectivity index (χ3v) is 9.18. The van der Waals surface area contributed by atoms with Crippen molar-refractivity contribution in [2.45, 2.75) is 62.9 Å². The van der Waals surface area contributed by atoms with Crippen LogP contribution in [0.25, 0.3) is 0 Å². The van der Waals surface area contributed by atoms with Crippen LogP contribution in [0, 0.1) is 0 Å². The van der Waals surface area contributed by atoms with Crippen molar-refractivity contribution >= 4 is 47.3 Å². The molecule has 5 rings (SSSR count). The van der Waals surface area contributed by atoms with Crippen LogP contribution in [0.2, 0.25) is 10.0 Å². The lowest BCUT2D eigenvalue weighted by molar-refractivity contribution is -0.126. The third-order valence-electron chi connectivity index (χ3n) is 8.44. The number of fused-ring (bicyclic) bond motifs is 1.